The van der Waals surface area contributed by atoms with Crippen LogP contribution in [-0.4, -0.2) is 31.6 Å². The van der Waals surface area contributed by atoms with Crippen LogP contribution in [0.3, 0.4) is 0 Å². The Morgan fingerprint density at radius 1 is 1.33 bits per heavy atom. The van der Waals surface area contributed by atoms with E-state index in [2.05, 4.69) is 26.1 Å². The normalized spacial score (nSPS) is 26.0. The smallest absolute Gasteiger partial charge is 0.250 e. The van der Waals surface area contributed by atoms with Crippen LogP contribution in [0.5, 0.6) is 0 Å². The third kappa shape index (κ3) is 3.24. The van der Waals surface area contributed by atoms with E-state index in [0.29, 0.717) is 17.5 Å². The van der Waals surface area contributed by atoms with Gasteiger partial charge in [-0.25, -0.2) is 0 Å². The number of carbonyl (C=O) groups is 1. The van der Waals surface area contributed by atoms with Crippen molar-refractivity contribution in [3.05, 3.63) is 28.2 Å². The molecule has 2 heterocycles. The molecule has 1 amide bonds. The number of anilines is 1. The number of halogens is 1. The van der Waals surface area contributed by atoms with Crippen LogP contribution in [0.2, 0.25) is 0 Å². The standard InChI is InChI=1S/C16H22BrN3O/c17-12-5-6-13(16(18)21)15(9-12)20-8-2-3-11(10-20)14-4-1-7-19-14/h5-6,9,11,14,19H,1-4,7-8,10H2,(H2,18,21). The molecular formula is C16H22BrN3O. The van der Waals surface area contributed by atoms with Gasteiger partial charge >= 0.3 is 0 Å². The number of benzene rings is 1. The van der Waals surface area contributed by atoms with Crippen molar-refractivity contribution in [3.8, 4) is 0 Å². The largest absolute Gasteiger partial charge is 0.371 e. The molecule has 0 bridgehead atoms. The van der Waals surface area contributed by atoms with E-state index in [4.69, 9.17) is 5.73 Å². The number of hydrogen-bond donors (Lipinski definition) is 2. The van der Waals surface area contributed by atoms with Crippen molar-refractivity contribution < 1.29 is 4.79 Å². The monoisotopic (exact) mass is 351 g/mol. The van der Waals surface area contributed by atoms with Gasteiger partial charge in [0.15, 0.2) is 0 Å². The zero-order chi connectivity index (χ0) is 14.8. The minimum Gasteiger partial charge on any atom is -0.371 e. The molecule has 2 saturated heterocycles. The zero-order valence-corrected chi connectivity index (χ0v) is 13.7. The molecule has 3 N–H and O–H groups in total. The van der Waals surface area contributed by atoms with Gasteiger partial charge in [-0.2, -0.15) is 0 Å². The summed E-state index contributed by atoms with van der Waals surface area (Å²) in [6, 6.07) is 6.35. The highest BCUT2D eigenvalue weighted by Gasteiger charge is 2.30. The first-order valence-electron chi connectivity index (χ1n) is 7.73. The van der Waals surface area contributed by atoms with Gasteiger partial charge in [0.1, 0.15) is 0 Å². The lowest BCUT2D eigenvalue weighted by molar-refractivity contribution is 0.100. The third-order valence-electron chi connectivity index (χ3n) is 4.69. The number of carbonyl (C=O) groups excluding carboxylic acids is 1. The molecule has 2 unspecified atom stereocenters. The van der Waals surface area contributed by atoms with E-state index in [0.717, 1.165) is 29.8 Å². The van der Waals surface area contributed by atoms with Gasteiger partial charge in [0.25, 0.3) is 5.91 Å². The Kier molecular flexibility index (Phi) is 4.50. The molecule has 0 saturated carbocycles. The van der Waals surface area contributed by atoms with E-state index in [-0.39, 0.29) is 5.91 Å². The maximum absolute atomic E-state index is 11.7. The number of piperidine rings is 1. The number of nitrogens with zero attached hydrogens (tertiary/aromatic N) is 1. The Morgan fingerprint density at radius 3 is 2.90 bits per heavy atom. The molecular weight excluding hydrogens is 330 g/mol. The summed E-state index contributed by atoms with van der Waals surface area (Å²) in [4.78, 5) is 14.0. The van der Waals surface area contributed by atoms with E-state index in [1.807, 2.05) is 18.2 Å². The van der Waals surface area contributed by atoms with Crippen LogP contribution in [0, 0.1) is 5.92 Å². The summed E-state index contributed by atoms with van der Waals surface area (Å²) < 4.78 is 0.989. The SMILES string of the molecule is NC(=O)c1ccc(Br)cc1N1CCCC(C2CCCN2)C1. The zero-order valence-electron chi connectivity index (χ0n) is 12.1. The van der Waals surface area contributed by atoms with Gasteiger partial charge in [0, 0.05) is 23.6 Å². The molecule has 2 aliphatic heterocycles. The molecule has 4 nitrogen and oxygen atoms in total. The number of nitrogens with two attached hydrogens (primary N) is 1. The van der Waals surface area contributed by atoms with Crippen LogP contribution in [0.15, 0.2) is 22.7 Å². The first-order chi connectivity index (χ1) is 10.1. The van der Waals surface area contributed by atoms with Gasteiger partial charge < -0.3 is 16.0 Å². The molecule has 3 rings (SSSR count). The van der Waals surface area contributed by atoms with E-state index in [1.165, 1.54) is 25.7 Å². The van der Waals surface area contributed by atoms with Crippen molar-refractivity contribution in [1.82, 2.24) is 5.32 Å². The van der Waals surface area contributed by atoms with Crippen molar-refractivity contribution in [2.75, 3.05) is 24.5 Å². The molecule has 0 aliphatic carbocycles. The molecule has 5 heteroatoms. The van der Waals surface area contributed by atoms with E-state index in [9.17, 15) is 4.79 Å². The molecule has 0 radical (unpaired) electrons. The average Bonchev–Trinajstić information content (AvgIpc) is 3.01. The molecule has 114 valence electrons. The molecule has 0 spiro atoms. The van der Waals surface area contributed by atoms with Crippen LogP contribution < -0.4 is 16.0 Å². The summed E-state index contributed by atoms with van der Waals surface area (Å²) in [5, 5.41) is 3.62. The number of primary amides is 1. The number of amides is 1. The highest BCUT2D eigenvalue weighted by molar-refractivity contribution is 9.10. The molecule has 1 aromatic rings. The molecule has 21 heavy (non-hydrogen) atoms. The number of nitrogens with one attached hydrogen (secondary N) is 1. The summed E-state index contributed by atoms with van der Waals surface area (Å²) in [5.41, 5.74) is 7.13. The number of rotatable bonds is 3. The van der Waals surface area contributed by atoms with Crippen molar-refractivity contribution >= 4 is 27.5 Å². The highest BCUT2D eigenvalue weighted by atomic mass is 79.9. The van der Waals surface area contributed by atoms with E-state index < -0.39 is 0 Å². The van der Waals surface area contributed by atoms with Crippen molar-refractivity contribution in [2.45, 2.75) is 31.7 Å². The minimum atomic E-state index is -0.349. The maximum Gasteiger partial charge on any atom is 0.250 e. The van der Waals surface area contributed by atoms with Crippen molar-refractivity contribution in [3.63, 3.8) is 0 Å². The summed E-state index contributed by atoms with van der Waals surface area (Å²) in [6.45, 7) is 3.15. The topological polar surface area (TPSA) is 58.4 Å². The van der Waals surface area contributed by atoms with Crippen LogP contribution in [0.1, 0.15) is 36.0 Å². The summed E-state index contributed by atoms with van der Waals surface area (Å²) in [6.07, 6.45) is 5.01. The Bertz CT molecular complexity index is 528. The number of hydrogen-bond acceptors (Lipinski definition) is 3. The fourth-order valence-electron chi connectivity index (χ4n) is 3.65. The lowest BCUT2D eigenvalue weighted by atomic mass is 9.89. The fraction of sp³-hybridized carbons (Fsp3) is 0.562. The van der Waals surface area contributed by atoms with Gasteiger partial charge in [0.05, 0.1) is 11.3 Å². The Hall–Kier alpha value is -1.07. The second-order valence-electron chi connectivity index (χ2n) is 6.08. The molecule has 2 fully saturated rings. The summed E-state index contributed by atoms with van der Waals surface area (Å²) >= 11 is 3.50. The van der Waals surface area contributed by atoms with Gasteiger partial charge in [-0.15, -0.1) is 0 Å². The average molecular weight is 352 g/mol. The maximum atomic E-state index is 11.7. The first-order valence-corrected chi connectivity index (χ1v) is 8.52. The van der Waals surface area contributed by atoms with E-state index >= 15 is 0 Å². The van der Waals surface area contributed by atoms with Crippen LogP contribution >= 0.6 is 15.9 Å². The van der Waals surface area contributed by atoms with Gasteiger partial charge in [-0.3, -0.25) is 4.79 Å². The molecule has 2 atom stereocenters. The van der Waals surface area contributed by atoms with Crippen molar-refractivity contribution in [1.29, 1.82) is 0 Å². The molecule has 0 aromatic heterocycles. The minimum absolute atomic E-state index is 0.349. The van der Waals surface area contributed by atoms with Gasteiger partial charge in [0.2, 0.25) is 0 Å². The van der Waals surface area contributed by atoms with Crippen LogP contribution in [-0.2, 0) is 0 Å². The highest BCUT2D eigenvalue weighted by Crippen LogP contribution is 2.31. The quantitative estimate of drug-likeness (QED) is 0.879. The second kappa shape index (κ2) is 6.36. The Balaban J connectivity index is 1.82. The Morgan fingerprint density at radius 2 is 2.19 bits per heavy atom. The third-order valence-corrected chi connectivity index (χ3v) is 5.18. The predicted molar refractivity (Wildman–Crippen MR) is 88.6 cm³/mol. The van der Waals surface area contributed by atoms with Crippen LogP contribution in [0.25, 0.3) is 0 Å². The van der Waals surface area contributed by atoms with Crippen LogP contribution in [0.4, 0.5) is 5.69 Å². The van der Waals surface area contributed by atoms with E-state index in [1.54, 1.807) is 0 Å². The summed E-state index contributed by atoms with van der Waals surface area (Å²) in [5.74, 6) is 0.319. The second-order valence-corrected chi connectivity index (χ2v) is 6.99. The summed E-state index contributed by atoms with van der Waals surface area (Å²) in [7, 11) is 0. The molecule has 1 aromatic carbocycles. The van der Waals surface area contributed by atoms with Gasteiger partial charge in [-0.05, 0) is 56.3 Å². The molecule has 2 aliphatic rings. The predicted octanol–water partition coefficient (Wildman–Crippen LogP) is 2.52. The van der Waals surface area contributed by atoms with Gasteiger partial charge in [-0.1, -0.05) is 15.9 Å². The fourth-order valence-corrected chi connectivity index (χ4v) is 3.99. The lowest BCUT2D eigenvalue weighted by Crippen LogP contribution is -2.44. The first kappa shape index (κ1) is 14.9. The Labute approximate surface area is 134 Å². The lowest BCUT2D eigenvalue weighted by Gasteiger charge is -2.38. The van der Waals surface area contributed by atoms with Crippen molar-refractivity contribution in [2.24, 2.45) is 11.7 Å².